The molecule has 4 heteroatoms. The summed E-state index contributed by atoms with van der Waals surface area (Å²) in [4.78, 5) is 14.0. The zero-order chi connectivity index (χ0) is 13.5. The number of hydrogen-bond donors (Lipinski definition) is 2. The van der Waals surface area contributed by atoms with Crippen molar-refractivity contribution in [2.75, 3.05) is 20.1 Å². The van der Waals surface area contributed by atoms with Gasteiger partial charge in [-0.15, -0.1) is 0 Å². The summed E-state index contributed by atoms with van der Waals surface area (Å²) in [6.07, 6.45) is 6.23. The molecule has 1 aliphatic rings. The molecule has 106 valence electrons. The van der Waals surface area contributed by atoms with Gasteiger partial charge in [-0.2, -0.15) is 0 Å². The number of carbonyl (C=O) groups is 1. The minimum absolute atomic E-state index is 0.118. The Labute approximate surface area is 111 Å². The van der Waals surface area contributed by atoms with Crippen LogP contribution in [0.2, 0.25) is 0 Å². The van der Waals surface area contributed by atoms with Crippen molar-refractivity contribution in [1.82, 2.24) is 10.2 Å². The van der Waals surface area contributed by atoms with Gasteiger partial charge < -0.3 is 11.1 Å². The summed E-state index contributed by atoms with van der Waals surface area (Å²) in [6, 6.07) is 0.681. The van der Waals surface area contributed by atoms with E-state index >= 15 is 0 Å². The maximum Gasteiger partial charge on any atom is 0.234 e. The van der Waals surface area contributed by atoms with E-state index in [4.69, 9.17) is 5.73 Å². The first-order valence-electron chi connectivity index (χ1n) is 7.24. The third-order valence-corrected chi connectivity index (χ3v) is 3.83. The normalized spacial score (nSPS) is 25.2. The number of likely N-dealkylation sites (N-methyl/N-ethyl adjacent to an activating group) is 1. The van der Waals surface area contributed by atoms with E-state index in [1.54, 1.807) is 0 Å². The molecule has 0 heterocycles. The van der Waals surface area contributed by atoms with Crippen LogP contribution in [-0.4, -0.2) is 43.0 Å². The van der Waals surface area contributed by atoms with E-state index in [-0.39, 0.29) is 11.9 Å². The van der Waals surface area contributed by atoms with Gasteiger partial charge >= 0.3 is 0 Å². The lowest BCUT2D eigenvalue weighted by Gasteiger charge is -2.32. The summed E-state index contributed by atoms with van der Waals surface area (Å²) < 4.78 is 0. The maximum atomic E-state index is 11.8. The topological polar surface area (TPSA) is 58.4 Å². The lowest BCUT2D eigenvalue weighted by Crippen LogP contribution is -2.46. The Bertz CT molecular complexity index is 255. The predicted octanol–water partition coefficient (Wildman–Crippen LogP) is 1.35. The van der Waals surface area contributed by atoms with Crippen molar-refractivity contribution in [2.45, 2.75) is 58.0 Å². The van der Waals surface area contributed by atoms with Crippen molar-refractivity contribution in [3.05, 3.63) is 0 Å². The molecule has 0 aliphatic heterocycles. The third-order valence-electron chi connectivity index (χ3n) is 3.83. The minimum atomic E-state index is 0.118. The van der Waals surface area contributed by atoms with Crippen molar-refractivity contribution >= 4 is 5.91 Å². The molecule has 0 saturated heterocycles. The molecule has 1 saturated carbocycles. The van der Waals surface area contributed by atoms with E-state index in [0.717, 1.165) is 6.54 Å². The van der Waals surface area contributed by atoms with E-state index in [1.807, 2.05) is 13.8 Å². The Hall–Kier alpha value is -0.610. The zero-order valence-electron chi connectivity index (χ0n) is 12.1. The molecule has 1 fully saturated rings. The predicted molar refractivity (Wildman–Crippen MR) is 75.3 cm³/mol. The van der Waals surface area contributed by atoms with Gasteiger partial charge in [0.05, 0.1) is 6.54 Å². The van der Waals surface area contributed by atoms with Crippen LogP contribution in [-0.2, 0) is 4.79 Å². The first-order chi connectivity index (χ1) is 8.54. The lowest BCUT2D eigenvalue weighted by molar-refractivity contribution is -0.123. The second kappa shape index (κ2) is 7.74. The molecule has 18 heavy (non-hydrogen) atoms. The van der Waals surface area contributed by atoms with Crippen LogP contribution in [0.1, 0.15) is 46.0 Å². The fourth-order valence-electron chi connectivity index (χ4n) is 2.93. The molecule has 4 nitrogen and oxygen atoms in total. The second-order valence-corrected chi connectivity index (χ2v) is 5.84. The average molecular weight is 255 g/mol. The van der Waals surface area contributed by atoms with Gasteiger partial charge in [-0.05, 0) is 46.2 Å². The van der Waals surface area contributed by atoms with Crippen molar-refractivity contribution in [3.63, 3.8) is 0 Å². The van der Waals surface area contributed by atoms with Crippen LogP contribution in [0.4, 0.5) is 0 Å². The molecule has 0 aromatic heterocycles. The number of nitrogens with zero attached hydrogens (tertiary/aromatic N) is 1. The average Bonchev–Trinajstić information content (AvgIpc) is 2.52. The molecule has 1 amide bonds. The highest BCUT2D eigenvalue weighted by Gasteiger charge is 2.26. The zero-order valence-corrected chi connectivity index (χ0v) is 12.1. The van der Waals surface area contributed by atoms with E-state index in [1.165, 1.54) is 32.1 Å². The fourth-order valence-corrected chi connectivity index (χ4v) is 2.93. The van der Waals surface area contributed by atoms with Gasteiger partial charge in [-0.1, -0.05) is 19.3 Å². The van der Waals surface area contributed by atoms with Gasteiger partial charge in [0.25, 0.3) is 0 Å². The molecule has 1 rings (SSSR count). The molecular formula is C14H29N3O. The molecule has 0 aromatic carbocycles. The van der Waals surface area contributed by atoms with Crippen LogP contribution < -0.4 is 11.1 Å². The minimum Gasteiger partial charge on any atom is -0.353 e. The summed E-state index contributed by atoms with van der Waals surface area (Å²) >= 11 is 0. The molecular weight excluding hydrogens is 226 g/mol. The third kappa shape index (κ3) is 4.94. The van der Waals surface area contributed by atoms with Crippen molar-refractivity contribution in [3.8, 4) is 0 Å². The van der Waals surface area contributed by atoms with E-state index in [9.17, 15) is 4.79 Å². The molecule has 2 unspecified atom stereocenters. The van der Waals surface area contributed by atoms with Gasteiger partial charge in [0.1, 0.15) is 0 Å². The fraction of sp³-hybridized carbons (Fsp3) is 0.929. The molecule has 0 spiro atoms. The molecule has 1 aliphatic carbocycles. The number of hydrogen-bond acceptors (Lipinski definition) is 3. The Morgan fingerprint density at radius 2 is 2.00 bits per heavy atom. The number of nitrogens with one attached hydrogen (secondary N) is 1. The largest absolute Gasteiger partial charge is 0.353 e. The highest BCUT2D eigenvalue weighted by atomic mass is 16.2. The standard InChI is InChI=1S/C14H29N3O/c1-11(2)16-14(18)10-17(3)13-8-6-4-5-7-12(13)9-15/h11-13H,4-10,15H2,1-3H3,(H,16,18). The van der Waals surface area contributed by atoms with Crippen LogP contribution in [0.25, 0.3) is 0 Å². The molecule has 0 bridgehead atoms. The number of amides is 1. The van der Waals surface area contributed by atoms with E-state index in [2.05, 4.69) is 17.3 Å². The first-order valence-corrected chi connectivity index (χ1v) is 7.24. The van der Waals surface area contributed by atoms with Gasteiger partial charge in [-0.25, -0.2) is 0 Å². The van der Waals surface area contributed by atoms with Crippen molar-refractivity contribution in [1.29, 1.82) is 0 Å². The van der Waals surface area contributed by atoms with Gasteiger partial charge in [-0.3, -0.25) is 9.69 Å². The summed E-state index contributed by atoms with van der Waals surface area (Å²) in [5, 5.41) is 2.95. The highest BCUT2D eigenvalue weighted by molar-refractivity contribution is 5.78. The Morgan fingerprint density at radius 1 is 1.33 bits per heavy atom. The van der Waals surface area contributed by atoms with Crippen LogP contribution >= 0.6 is 0 Å². The Kier molecular flexibility index (Phi) is 6.65. The van der Waals surface area contributed by atoms with Crippen LogP contribution in [0.15, 0.2) is 0 Å². The monoisotopic (exact) mass is 255 g/mol. The van der Waals surface area contributed by atoms with Gasteiger partial charge in [0.15, 0.2) is 0 Å². The van der Waals surface area contributed by atoms with E-state index < -0.39 is 0 Å². The second-order valence-electron chi connectivity index (χ2n) is 5.84. The smallest absolute Gasteiger partial charge is 0.234 e. The summed E-state index contributed by atoms with van der Waals surface area (Å²) in [5.74, 6) is 0.664. The van der Waals surface area contributed by atoms with Crippen molar-refractivity contribution in [2.24, 2.45) is 11.7 Å². The highest BCUT2D eigenvalue weighted by Crippen LogP contribution is 2.25. The summed E-state index contributed by atoms with van der Waals surface area (Å²) in [5.41, 5.74) is 5.89. The first kappa shape index (κ1) is 15.4. The quantitative estimate of drug-likeness (QED) is 0.729. The van der Waals surface area contributed by atoms with Gasteiger partial charge in [0, 0.05) is 12.1 Å². The SMILES string of the molecule is CC(C)NC(=O)CN(C)C1CCCCCC1CN. The maximum absolute atomic E-state index is 11.8. The molecule has 3 N–H and O–H groups in total. The molecule has 0 aromatic rings. The summed E-state index contributed by atoms with van der Waals surface area (Å²) in [7, 11) is 2.05. The number of nitrogens with two attached hydrogens (primary N) is 1. The van der Waals surface area contributed by atoms with E-state index in [0.29, 0.717) is 18.5 Å². The Morgan fingerprint density at radius 3 is 2.61 bits per heavy atom. The van der Waals surface area contributed by atoms with Crippen LogP contribution in [0.3, 0.4) is 0 Å². The van der Waals surface area contributed by atoms with Crippen LogP contribution in [0.5, 0.6) is 0 Å². The van der Waals surface area contributed by atoms with Crippen molar-refractivity contribution < 1.29 is 4.79 Å². The Balaban J connectivity index is 2.51. The van der Waals surface area contributed by atoms with Gasteiger partial charge in [0.2, 0.25) is 5.91 Å². The number of carbonyl (C=O) groups excluding carboxylic acids is 1. The molecule has 2 atom stereocenters. The van der Waals surface area contributed by atoms with Crippen LogP contribution in [0, 0.1) is 5.92 Å². The summed E-state index contributed by atoms with van der Waals surface area (Å²) in [6.45, 7) is 5.21. The molecule has 0 radical (unpaired) electrons. The lowest BCUT2D eigenvalue weighted by atomic mass is 9.94. The number of rotatable bonds is 5.